The van der Waals surface area contributed by atoms with Crippen LogP contribution in [0.3, 0.4) is 0 Å². The third kappa shape index (κ3) is 2.70. The molecule has 1 aromatic heterocycles. The number of aliphatic hydroxyl groups is 1. The standard InChI is InChI=1S/C14H17BrN2OS/c1-17(4-5-18)11-6-9(7-11)14-16-12-3-2-10(15)8-13(12)19-14/h2-3,8-9,11,18H,4-7H2,1H3. The normalized spacial score (nSPS) is 22.9. The van der Waals surface area contributed by atoms with E-state index in [2.05, 4.69) is 40.0 Å². The van der Waals surface area contributed by atoms with Crippen LogP contribution < -0.4 is 0 Å². The van der Waals surface area contributed by atoms with E-state index in [-0.39, 0.29) is 6.61 Å². The molecule has 19 heavy (non-hydrogen) atoms. The topological polar surface area (TPSA) is 36.4 Å². The Hall–Kier alpha value is -0.490. The lowest BCUT2D eigenvalue weighted by atomic mass is 9.80. The Morgan fingerprint density at radius 2 is 2.26 bits per heavy atom. The molecule has 3 rings (SSSR count). The van der Waals surface area contributed by atoms with Crippen LogP contribution in [0.4, 0.5) is 0 Å². The second-order valence-electron chi connectivity index (χ2n) is 5.19. The van der Waals surface area contributed by atoms with Crippen LogP contribution in [0.15, 0.2) is 22.7 Å². The monoisotopic (exact) mass is 340 g/mol. The molecular formula is C14H17BrN2OS. The number of rotatable bonds is 4. The van der Waals surface area contributed by atoms with Gasteiger partial charge in [0.1, 0.15) is 0 Å². The molecule has 1 saturated carbocycles. The molecule has 102 valence electrons. The van der Waals surface area contributed by atoms with E-state index < -0.39 is 0 Å². The Morgan fingerprint density at radius 1 is 1.47 bits per heavy atom. The van der Waals surface area contributed by atoms with Crippen molar-refractivity contribution < 1.29 is 5.11 Å². The summed E-state index contributed by atoms with van der Waals surface area (Å²) in [5, 5.41) is 10.2. The molecule has 3 nitrogen and oxygen atoms in total. The van der Waals surface area contributed by atoms with Gasteiger partial charge < -0.3 is 10.0 Å². The summed E-state index contributed by atoms with van der Waals surface area (Å²) in [5.41, 5.74) is 1.11. The number of hydrogen-bond acceptors (Lipinski definition) is 4. The van der Waals surface area contributed by atoms with Gasteiger partial charge in [-0.25, -0.2) is 4.98 Å². The van der Waals surface area contributed by atoms with Gasteiger partial charge in [-0.1, -0.05) is 15.9 Å². The van der Waals surface area contributed by atoms with Crippen LogP contribution in [-0.2, 0) is 0 Å². The number of benzene rings is 1. The first kappa shape index (κ1) is 13.5. The summed E-state index contributed by atoms with van der Waals surface area (Å²) in [6, 6.07) is 6.87. The largest absolute Gasteiger partial charge is 0.395 e. The first-order valence-corrected chi connectivity index (χ1v) is 8.15. The van der Waals surface area contributed by atoms with Gasteiger partial charge in [0.05, 0.1) is 21.8 Å². The van der Waals surface area contributed by atoms with Crippen LogP contribution in [-0.4, -0.2) is 41.2 Å². The summed E-state index contributed by atoms with van der Waals surface area (Å²) in [6.45, 7) is 1.01. The van der Waals surface area contributed by atoms with Gasteiger partial charge in [0.15, 0.2) is 0 Å². The third-order valence-corrected chi connectivity index (χ3v) is 5.58. The van der Waals surface area contributed by atoms with Crippen LogP contribution in [0, 0.1) is 0 Å². The molecule has 0 aliphatic heterocycles. The minimum absolute atomic E-state index is 0.243. The SMILES string of the molecule is CN(CCO)C1CC(c2nc3ccc(Br)cc3s2)C1. The number of hydrogen-bond donors (Lipinski definition) is 1. The highest BCUT2D eigenvalue weighted by Crippen LogP contribution is 2.42. The summed E-state index contributed by atoms with van der Waals surface area (Å²) in [4.78, 5) is 7.00. The molecule has 0 atom stereocenters. The minimum Gasteiger partial charge on any atom is -0.395 e. The van der Waals surface area contributed by atoms with E-state index in [0.717, 1.165) is 29.4 Å². The Kier molecular flexibility index (Phi) is 3.89. The zero-order chi connectivity index (χ0) is 13.4. The van der Waals surface area contributed by atoms with E-state index in [9.17, 15) is 0 Å². The van der Waals surface area contributed by atoms with Gasteiger partial charge in [0.25, 0.3) is 0 Å². The molecule has 1 aromatic carbocycles. The summed E-state index contributed by atoms with van der Waals surface area (Å²) in [5.74, 6) is 0.599. The first-order valence-electron chi connectivity index (χ1n) is 6.54. The van der Waals surface area contributed by atoms with Crippen molar-refractivity contribution in [2.24, 2.45) is 0 Å². The smallest absolute Gasteiger partial charge is 0.0970 e. The zero-order valence-corrected chi connectivity index (χ0v) is 13.2. The summed E-state index contributed by atoms with van der Waals surface area (Å²) >= 11 is 5.32. The van der Waals surface area contributed by atoms with Crippen molar-refractivity contribution in [3.63, 3.8) is 0 Å². The first-order chi connectivity index (χ1) is 9.17. The van der Waals surface area contributed by atoms with E-state index >= 15 is 0 Å². The number of aliphatic hydroxyl groups excluding tert-OH is 1. The summed E-state index contributed by atoms with van der Waals surface area (Å²) in [6.07, 6.45) is 2.33. The molecule has 0 amide bonds. The fraction of sp³-hybridized carbons (Fsp3) is 0.500. The van der Waals surface area contributed by atoms with Gasteiger partial charge in [0.2, 0.25) is 0 Å². The number of likely N-dealkylation sites (N-methyl/N-ethyl adjacent to an activating group) is 1. The van der Waals surface area contributed by atoms with Gasteiger partial charge in [-0.15, -0.1) is 11.3 Å². The van der Waals surface area contributed by atoms with Crippen molar-refractivity contribution in [2.45, 2.75) is 24.8 Å². The second-order valence-corrected chi connectivity index (χ2v) is 7.17. The fourth-order valence-electron chi connectivity index (χ4n) is 2.58. The molecule has 1 N–H and O–H groups in total. The van der Waals surface area contributed by atoms with E-state index in [0.29, 0.717) is 12.0 Å². The quantitative estimate of drug-likeness (QED) is 0.928. The summed E-state index contributed by atoms with van der Waals surface area (Å²) < 4.78 is 2.38. The average molecular weight is 341 g/mol. The maximum atomic E-state index is 8.95. The van der Waals surface area contributed by atoms with E-state index in [1.807, 2.05) is 17.4 Å². The van der Waals surface area contributed by atoms with Crippen molar-refractivity contribution in [3.8, 4) is 0 Å². The van der Waals surface area contributed by atoms with Crippen LogP contribution >= 0.6 is 27.3 Å². The van der Waals surface area contributed by atoms with Gasteiger partial charge in [-0.05, 0) is 38.1 Å². The van der Waals surface area contributed by atoms with Gasteiger partial charge in [-0.2, -0.15) is 0 Å². The van der Waals surface area contributed by atoms with Crippen LogP contribution in [0.1, 0.15) is 23.8 Å². The molecule has 0 saturated heterocycles. The third-order valence-electron chi connectivity index (χ3n) is 3.91. The van der Waals surface area contributed by atoms with Gasteiger partial charge in [0, 0.05) is 23.0 Å². The zero-order valence-electron chi connectivity index (χ0n) is 10.8. The Labute approximate surface area is 125 Å². The lowest BCUT2D eigenvalue weighted by molar-refractivity contribution is 0.112. The number of fused-ring (bicyclic) bond motifs is 1. The van der Waals surface area contributed by atoms with E-state index in [4.69, 9.17) is 10.1 Å². The van der Waals surface area contributed by atoms with Crippen LogP contribution in [0.2, 0.25) is 0 Å². The molecule has 5 heteroatoms. The van der Waals surface area contributed by atoms with E-state index in [1.54, 1.807) is 0 Å². The molecule has 0 unspecified atom stereocenters. The Bertz CT molecular complexity index is 580. The van der Waals surface area contributed by atoms with Crippen molar-refractivity contribution in [2.75, 3.05) is 20.2 Å². The molecule has 1 fully saturated rings. The highest BCUT2D eigenvalue weighted by molar-refractivity contribution is 9.10. The lowest BCUT2D eigenvalue weighted by Gasteiger charge is -2.40. The molecule has 2 aromatic rings. The van der Waals surface area contributed by atoms with Crippen molar-refractivity contribution in [1.82, 2.24) is 9.88 Å². The fourth-order valence-corrected chi connectivity index (χ4v) is 4.23. The number of aromatic nitrogens is 1. The maximum Gasteiger partial charge on any atom is 0.0970 e. The number of nitrogens with zero attached hydrogens (tertiary/aromatic N) is 2. The predicted octanol–water partition coefficient (Wildman–Crippen LogP) is 3.23. The van der Waals surface area contributed by atoms with Crippen molar-refractivity contribution in [3.05, 3.63) is 27.7 Å². The minimum atomic E-state index is 0.243. The predicted molar refractivity (Wildman–Crippen MR) is 82.8 cm³/mol. The highest BCUT2D eigenvalue weighted by Gasteiger charge is 2.34. The molecule has 0 bridgehead atoms. The van der Waals surface area contributed by atoms with Crippen LogP contribution in [0.5, 0.6) is 0 Å². The Morgan fingerprint density at radius 3 is 3.00 bits per heavy atom. The Balaban J connectivity index is 1.70. The van der Waals surface area contributed by atoms with E-state index in [1.165, 1.54) is 9.71 Å². The number of thiazole rings is 1. The van der Waals surface area contributed by atoms with Gasteiger partial charge >= 0.3 is 0 Å². The lowest BCUT2D eigenvalue weighted by Crippen LogP contribution is -2.42. The molecule has 1 heterocycles. The second kappa shape index (κ2) is 5.48. The number of halogens is 1. The maximum absolute atomic E-state index is 8.95. The average Bonchev–Trinajstić information content (AvgIpc) is 2.69. The van der Waals surface area contributed by atoms with Gasteiger partial charge in [-0.3, -0.25) is 0 Å². The molecule has 0 spiro atoms. The van der Waals surface area contributed by atoms with Crippen molar-refractivity contribution >= 4 is 37.5 Å². The van der Waals surface area contributed by atoms with Crippen molar-refractivity contribution in [1.29, 1.82) is 0 Å². The highest BCUT2D eigenvalue weighted by atomic mass is 79.9. The van der Waals surface area contributed by atoms with Crippen LogP contribution in [0.25, 0.3) is 10.2 Å². The molecule has 1 aliphatic rings. The molecule has 0 radical (unpaired) electrons. The molecule has 1 aliphatic carbocycles. The molecular weight excluding hydrogens is 324 g/mol. The summed E-state index contributed by atoms with van der Waals surface area (Å²) in [7, 11) is 2.09.